The molecule has 0 spiro atoms. The van der Waals surface area contributed by atoms with Crippen LogP contribution in [-0.2, 0) is 0 Å². The highest BCUT2D eigenvalue weighted by molar-refractivity contribution is 9.11. The second-order valence-electron chi connectivity index (χ2n) is 2.06. The van der Waals surface area contributed by atoms with Crippen molar-refractivity contribution in [2.75, 3.05) is 0 Å². The van der Waals surface area contributed by atoms with Crippen LogP contribution in [0, 0.1) is 0 Å². The van der Waals surface area contributed by atoms with Gasteiger partial charge in [-0.2, -0.15) is 0 Å². The predicted octanol–water partition coefficient (Wildman–Crippen LogP) is 3.18. The van der Waals surface area contributed by atoms with E-state index in [0.29, 0.717) is 0 Å². The summed E-state index contributed by atoms with van der Waals surface area (Å²) in [6, 6.07) is 1.97. The maximum absolute atomic E-state index is 5.78. The molecule has 2 N–H and O–H groups in total. The lowest BCUT2D eigenvalue weighted by Gasteiger charge is -1.96. The van der Waals surface area contributed by atoms with Gasteiger partial charge in [0.2, 0.25) is 0 Å². The lowest BCUT2D eigenvalue weighted by Crippen LogP contribution is -2.01. The molecule has 0 unspecified atom stereocenters. The zero-order valence-corrected chi connectivity index (χ0v) is 8.55. The Hall–Kier alpha value is 0.430. The third kappa shape index (κ3) is 1.72. The highest BCUT2D eigenvalue weighted by Crippen LogP contribution is 2.34. The van der Waals surface area contributed by atoms with Crippen molar-refractivity contribution in [1.29, 1.82) is 0 Å². The second kappa shape index (κ2) is 3.22. The topological polar surface area (TPSA) is 26.0 Å². The number of hydrogen-bond acceptors (Lipinski definition) is 2. The summed E-state index contributed by atoms with van der Waals surface area (Å²) in [5.41, 5.74) is 5.63. The van der Waals surface area contributed by atoms with Gasteiger partial charge in [0.15, 0.2) is 0 Å². The van der Waals surface area contributed by atoms with Gasteiger partial charge in [0, 0.05) is 10.9 Å². The molecule has 0 aliphatic heterocycles. The molecule has 0 aromatic carbocycles. The average molecular weight is 241 g/mol. The first-order valence-corrected chi connectivity index (χ1v) is 4.80. The Kier molecular flexibility index (Phi) is 2.74. The van der Waals surface area contributed by atoms with Crippen LogP contribution in [0.3, 0.4) is 0 Å². The molecule has 1 atom stereocenters. The van der Waals surface area contributed by atoms with Crippen LogP contribution in [0.4, 0.5) is 0 Å². The molecule has 0 saturated heterocycles. The second-order valence-corrected chi connectivity index (χ2v) is 4.87. The Morgan fingerprint density at radius 3 is 2.60 bits per heavy atom. The number of halogens is 2. The fourth-order valence-electron chi connectivity index (χ4n) is 0.588. The van der Waals surface area contributed by atoms with Gasteiger partial charge in [0.05, 0.1) is 8.81 Å². The highest BCUT2D eigenvalue weighted by atomic mass is 79.9. The quantitative estimate of drug-likeness (QED) is 0.802. The molecular weight excluding hydrogens is 233 g/mol. The summed E-state index contributed by atoms with van der Waals surface area (Å²) in [4.78, 5) is 1.11. The van der Waals surface area contributed by atoms with E-state index in [4.69, 9.17) is 17.3 Å². The van der Waals surface area contributed by atoms with Crippen LogP contribution in [0.2, 0.25) is 5.02 Å². The molecule has 1 rings (SSSR count). The van der Waals surface area contributed by atoms with E-state index in [0.717, 1.165) is 13.7 Å². The van der Waals surface area contributed by atoms with Gasteiger partial charge in [-0.25, -0.2) is 0 Å². The number of nitrogens with two attached hydrogens (primary N) is 1. The van der Waals surface area contributed by atoms with Crippen LogP contribution in [0.1, 0.15) is 17.8 Å². The lowest BCUT2D eigenvalue weighted by molar-refractivity contribution is 0.838. The van der Waals surface area contributed by atoms with E-state index in [9.17, 15) is 0 Å². The third-order valence-corrected chi connectivity index (χ3v) is 3.79. The van der Waals surface area contributed by atoms with Crippen LogP contribution >= 0.6 is 38.9 Å². The van der Waals surface area contributed by atoms with E-state index < -0.39 is 0 Å². The minimum absolute atomic E-state index is 0.0776. The summed E-state index contributed by atoms with van der Waals surface area (Å²) in [6.45, 7) is 1.94. The Morgan fingerprint density at radius 1 is 1.80 bits per heavy atom. The van der Waals surface area contributed by atoms with Gasteiger partial charge in [0.1, 0.15) is 0 Å². The summed E-state index contributed by atoms with van der Waals surface area (Å²) >= 11 is 10.7. The molecule has 0 aliphatic rings. The standard InChI is InChI=1S/C6H7BrClNS/c1-3(9)5-2-4(8)6(7)10-5/h2-3H,9H2,1H3/t3-/m1/s1. The van der Waals surface area contributed by atoms with E-state index in [1.54, 1.807) is 11.3 Å². The van der Waals surface area contributed by atoms with Crippen LogP contribution in [0.25, 0.3) is 0 Å². The molecule has 0 amide bonds. The van der Waals surface area contributed by atoms with Crippen molar-refractivity contribution >= 4 is 38.9 Å². The Labute approximate surface area is 77.3 Å². The van der Waals surface area contributed by atoms with Crippen LogP contribution in [0.15, 0.2) is 9.85 Å². The maximum atomic E-state index is 5.78. The van der Waals surface area contributed by atoms with E-state index in [-0.39, 0.29) is 6.04 Å². The van der Waals surface area contributed by atoms with E-state index in [1.165, 1.54) is 0 Å². The van der Waals surface area contributed by atoms with Gasteiger partial charge >= 0.3 is 0 Å². The molecule has 0 radical (unpaired) electrons. The first-order chi connectivity index (χ1) is 4.61. The summed E-state index contributed by atoms with van der Waals surface area (Å²) in [5.74, 6) is 0. The fraction of sp³-hybridized carbons (Fsp3) is 0.333. The molecule has 0 fully saturated rings. The Morgan fingerprint density at radius 2 is 2.40 bits per heavy atom. The molecule has 4 heteroatoms. The van der Waals surface area contributed by atoms with Crippen LogP contribution in [-0.4, -0.2) is 0 Å². The molecule has 10 heavy (non-hydrogen) atoms. The van der Waals surface area contributed by atoms with Crippen molar-refractivity contribution < 1.29 is 0 Å². The molecule has 0 saturated carbocycles. The van der Waals surface area contributed by atoms with Gasteiger partial charge in [0.25, 0.3) is 0 Å². The van der Waals surface area contributed by atoms with Crippen molar-refractivity contribution in [3.8, 4) is 0 Å². The Balaban J connectivity index is 2.98. The van der Waals surface area contributed by atoms with Crippen molar-refractivity contribution in [2.24, 2.45) is 5.73 Å². The SMILES string of the molecule is C[C@@H](N)c1cc(Cl)c(Br)s1. The molecule has 1 aromatic rings. The lowest BCUT2D eigenvalue weighted by atomic mass is 10.3. The van der Waals surface area contributed by atoms with Gasteiger partial charge in [-0.1, -0.05) is 11.6 Å². The average Bonchev–Trinajstić information content (AvgIpc) is 2.13. The van der Waals surface area contributed by atoms with Crippen molar-refractivity contribution in [2.45, 2.75) is 13.0 Å². The first-order valence-electron chi connectivity index (χ1n) is 2.81. The summed E-state index contributed by atoms with van der Waals surface area (Å²) in [7, 11) is 0. The van der Waals surface area contributed by atoms with Gasteiger partial charge < -0.3 is 5.73 Å². The van der Waals surface area contributed by atoms with Crippen molar-refractivity contribution in [3.63, 3.8) is 0 Å². The minimum Gasteiger partial charge on any atom is -0.324 e. The number of rotatable bonds is 1. The first kappa shape index (κ1) is 8.53. The van der Waals surface area contributed by atoms with E-state index >= 15 is 0 Å². The summed E-state index contributed by atoms with van der Waals surface area (Å²) < 4.78 is 0.960. The minimum atomic E-state index is 0.0776. The maximum Gasteiger partial charge on any atom is 0.0887 e. The zero-order chi connectivity index (χ0) is 7.72. The molecule has 1 aromatic heterocycles. The largest absolute Gasteiger partial charge is 0.324 e. The monoisotopic (exact) mass is 239 g/mol. The molecule has 1 nitrogen and oxygen atoms in total. The Bertz CT molecular complexity index is 214. The molecule has 1 heterocycles. The molecule has 0 bridgehead atoms. The third-order valence-electron chi connectivity index (χ3n) is 1.11. The smallest absolute Gasteiger partial charge is 0.0887 e. The van der Waals surface area contributed by atoms with Crippen LogP contribution in [0.5, 0.6) is 0 Å². The molecular formula is C6H7BrClNS. The number of hydrogen-bond donors (Lipinski definition) is 1. The molecule has 0 aliphatic carbocycles. The normalized spacial score (nSPS) is 13.6. The predicted molar refractivity (Wildman–Crippen MR) is 49.6 cm³/mol. The molecule has 56 valence electrons. The van der Waals surface area contributed by atoms with Gasteiger partial charge in [-0.3, -0.25) is 0 Å². The highest BCUT2D eigenvalue weighted by Gasteiger charge is 2.06. The number of thiophene rings is 1. The van der Waals surface area contributed by atoms with Gasteiger partial charge in [-0.05, 0) is 28.9 Å². The summed E-state index contributed by atoms with van der Waals surface area (Å²) in [5, 5.41) is 0.748. The van der Waals surface area contributed by atoms with Gasteiger partial charge in [-0.15, -0.1) is 11.3 Å². The van der Waals surface area contributed by atoms with E-state index in [1.807, 2.05) is 13.0 Å². The fourth-order valence-corrected chi connectivity index (χ4v) is 2.29. The van der Waals surface area contributed by atoms with Crippen LogP contribution < -0.4 is 5.73 Å². The summed E-state index contributed by atoms with van der Waals surface area (Å²) in [6.07, 6.45) is 0. The zero-order valence-electron chi connectivity index (χ0n) is 5.40. The van der Waals surface area contributed by atoms with Crippen molar-refractivity contribution in [1.82, 2.24) is 0 Å². The van der Waals surface area contributed by atoms with E-state index in [2.05, 4.69) is 15.9 Å². The van der Waals surface area contributed by atoms with Crippen molar-refractivity contribution in [3.05, 3.63) is 19.8 Å².